The maximum atomic E-state index is 13.3. The molecule has 1 aliphatic heterocycles. The van der Waals surface area contributed by atoms with Crippen LogP contribution in [0.3, 0.4) is 0 Å². The van der Waals surface area contributed by atoms with Gasteiger partial charge in [-0.2, -0.15) is 0 Å². The molecule has 0 spiro atoms. The van der Waals surface area contributed by atoms with Crippen molar-refractivity contribution in [1.82, 2.24) is 9.80 Å². The summed E-state index contributed by atoms with van der Waals surface area (Å²) in [7, 11) is 0. The van der Waals surface area contributed by atoms with E-state index in [9.17, 15) is 9.59 Å². The van der Waals surface area contributed by atoms with Crippen molar-refractivity contribution in [3.63, 3.8) is 0 Å². The molecule has 2 fully saturated rings. The molecule has 2 amide bonds. The summed E-state index contributed by atoms with van der Waals surface area (Å²) in [5.74, 6) is 0.573. The molecule has 1 aliphatic carbocycles. The van der Waals surface area contributed by atoms with Crippen molar-refractivity contribution in [1.29, 1.82) is 0 Å². The number of hydrogen-bond donors (Lipinski definition) is 0. The van der Waals surface area contributed by atoms with E-state index < -0.39 is 0 Å². The number of thiophene rings is 1. The summed E-state index contributed by atoms with van der Waals surface area (Å²) in [6.07, 6.45) is 4.04. The topological polar surface area (TPSA) is 40.6 Å². The van der Waals surface area contributed by atoms with Crippen LogP contribution >= 0.6 is 11.3 Å². The highest BCUT2D eigenvalue weighted by Crippen LogP contribution is 2.31. The van der Waals surface area contributed by atoms with Crippen LogP contribution in [0.4, 0.5) is 0 Å². The highest BCUT2D eigenvalue weighted by Gasteiger charge is 2.35. The SMILES string of the molecule is Cc1cccc(/C=C(/C(=O)N2CCN(C(=O)C3CC3)CC2)c2cccs2)c1. The standard InChI is InChI=1S/C22H24N2O2S/c1-16-4-2-5-17(14-16)15-19(20-6-3-13-27-20)22(26)24-11-9-23(10-12-24)21(25)18-7-8-18/h2-6,13-15,18H,7-12H2,1H3/b19-15+. The number of aryl methyl sites for hydroxylation is 1. The molecule has 0 atom stereocenters. The van der Waals surface area contributed by atoms with E-state index in [1.807, 2.05) is 45.5 Å². The van der Waals surface area contributed by atoms with E-state index in [-0.39, 0.29) is 17.7 Å². The average molecular weight is 381 g/mol. The van der Waals surface area contributed by atoms with E-state index in [1.54, 1.807) is 11.3 Å². The van der Waals surface area contributed by atoms with Crippen LogP contribution in [0.5, 0.6) is 0 Å². The van der Waals surface area contributed by atoms with Gasteiger partial charge in [-0.25, -0.2) is 0 Å². The molecule has 4 nitrogen and oxygen atoms in total. The van der Waals surface area contributed by atoms with Crippen LogP contribution in [0, 0.1) is 12.8 Å². The van der Waals surface area contributed by atoms with Crippen LogP contribution in [-0.2, 0) is 9.59 Å². The molecule has 1 saturated carbocycles. The highest BCUT2D eigenvalue weighted by molar-refractivity contribution is 7.11. The van der Waals surface area contributed by atoms with Gasteiger partial charge in [-0.05, 0) is 42.9 Å². The summed E-state index contributed by atoms with van der Waals surface area (Å²) >= 11 is 1.58. The second-order valence-corrected chi connectivity index (χ2v) is 8.29. The van der Waals surface area contributed by atoms with Crippen molar-refractivity contribution in [3.8, 4) is 0 Å². The van der Waals surface area contributed by atoms with E-state index in [0.717, 1.165) is 28.9 Å². The smallest absolute Gasteiger partial charge is 0.255 e. The normalized spacial score (nSPS) is 17.9. The van der Waals surface area contributed by atoms with Gasteiger partial charge in [-0.15, -0.1) is 11.3 Å². The maximum Gasteiger partial charge on any atom is 0.255 e. The monoisotopic (exact) mass is 380 g/mol. The van der Waals surface area contributed by atoms with Crippen LogP contribution in [0.2, 0.25) is 0 Å². The zero-order chi connectivity index (χ0) is 18.8. The molecule has 2 aromatic rings. The largest absolute Gasteiger partial charge is 0.339 e. The fourth-order valence-electron chi connectivity index (χ4n) is 3.49. The van der Waals surface area contributed by atoms with Crippen LogP contribution in [0.1, 0.15) is 28.8 Å². The van der Waals surface area contributed by atoms with E-state index in [4.69, 9.17) is 0 Å². The van der Waals surface area contributed by atoms with Gasteiger partial charge in [0.2, 0.25) is 5.91 Å². The Balaban J connectivity index is 1.52. The van der Waals surface area contributed by atoms with Crippen LogP contribution in [0.15, 0.2) is 41.8 Å². The molecule has 27 heavy (non-hydrogen) atoms. The Morgan fingerprint density at radius 1 is 1.04 bits per heavy atom. The molecule has 5 heteroatoms. The molecule has 4 rings (SSSR count). The lowest BCUT2D eigenvalue weighted by atomic mass is 10.1. The van der Waals surface area contributed by atoms with Gasteiger partial charge in [0.05, 0.1) is 5.57 Å². The summed E-state index contributed by atoms with van der Waals surface area (Å²) in [6, 6.07) is 12.2. The molecule has 1 aromatic carbocycles. The summed E-state index contributed by atoms with van der Waals surface area (Å²) in [5, 5.41) is 2.00. The minimum absolute atomic E-state index is 0.0532. The van der Waals surface area contributed by atoms with E-state index in [0.29, 0.717) is 26.2 Å². The third kappa shape index (κ3) is 4.14. The van der Waals surface area contributed by atoms with E-state index >= 15 is 0 Å². The van der Waals surface area contributed by atoms with Gasteiger partial charge in [0, 0.05) is 37.0 Å². The van der Waals surface area contributed by atoms with Crippen molar-refractivity contribution in [3.05, 3.63) is 57.8 Å². The van der Waals surface area contributed by atoms with Crippen molar-refractivity contribution in [2.24, 2.45) is 5.92 Å². The lowest BCUT2D eigenvalue weighted by molar-refractivity contribution is -0.137. The first kappa shape index (κ1) is 18.0. The van der Waals surface area contributed by atoms with Crippen LogP contribution in [0.25, 0.3) is 11.6 Å². The van der Waals surface area contributed by atoms with Gasteiger partial charge in [0.15, 0.2) is 0 Å². The van der Waals surface area contributed by atoms with Gasteiger partial charge in [0.1, 0.15) is 0 Å². The second kappa shape index (κ2) is 7.69. The Labute approximate surface area is 164 Å². The molecule has 0 radical (unpaired) electrons. The minimum Gasteiger partial charge on any atom is -0.339 e. The van der Waals surface area contributed by atoms with Crippen molar-refractivity contribution in [2.75, 3.05) is 26.2 Å². The zero-order valence-electron chi connectivity index (χ0n) is 15.6. The van der Waals surface area contributed by atoms with E-state index in [2.05, 4.69) is 19.1 Å². The Hall–Kier alpha value is -2.40. The van der Waals surface area contributed by atoms with Crippen molar-refractivity contribution >= 4 is 34.8 Å². The molecule has 1 saturated heterocycles. The predicted octanol–water partition coefficient (Wildman–Crippen LogP) is 3.68. The molecule has 2 heterocycles. The molecular formula is C22H24N2O2S. The number of nitrogens with zero attached hydrogens (tertiary/aromatic N) is 2. The Bertz CT molecular complexity index is 860. The predicted molar refractivity (Wildman–Crippen MR) is 109 cm³/mol. The quantitative estimate of drug-likeness (QED) is 0.759. The summed E-state index contributed by atoms with van der Waals surface area (Å²) in [5.41, 5.74) is 2.95. The number of carbonyl (C=O) groups excluding carboxylic acids is 2. The number of amides is 2. The zero-order valence-corrected chi connectivity index (χ0v) is 16.4. The van der Waals surface area contributed by atoms with Gasteiger partial charge in [-0.1, -0.05) is 35.9 Å². The van der Waals surface area contributed by atoms with Gasteiger partial charge in [0.25, 0.3) is 5.91 Å². The Morgan fingerprint density at radius 2 is 1.78 bits per heavy atom. The second-order valence-electron chi connectivity index (χ2n) is 7.34. The Kier molecular flexibility index (Phi) is 5.12. The first-order valence-electron chi connectivity index (χ1n) is 9.52. The highest BCUT2D eigenvalue weighted by atomic mass is 32.1. The number of piperazine rings is 1. The molecule has 0 N–H and O–H groups in total. The molecule has 1 aromatic heterocycles. The maximum absolute atomic E-state index is 13.3. The Morgan fingerprint density at radius 3 is 2.41 bits per heavy atom. The molecule has 0 bridgehead atoms. The minimum atomic E-state index is 0.0532. The first-order chi connectivity index (χ1) is 13.1. The lowest BCUT2D eigenvalue weighted by Gasteiger charge is -2.35. The third-order valence-corrected chi connectivity index (χ3v) is 6.08. The molecule has 2 aliphatic rings. The summed E-state index contributed by atoms with van der Waals surface area (Å²) in [4.78, 5) is 30.3. The fraction of sp³-hybridized carbons (Fsp3) is 0.364. The van der Waals surface area contributed by atoms with Crippen molar-refractivity contribution < 1.29 is 9.59 Å². The van der Waals surface area contributed by atoms with Crippen LogP contribution in [-0.4, -0.2) is 47.8 Å². The molecular weight excluding hydrogens is 356 g/mol. The number of benzene rings is 1. The lowest BCUT2D eigenvalue weighted by Crippen LogP contribution is -2.51. The third-order valence-electron chi connectivity index (χ3n) is 5.18. The summed E-state index contributed by atoms with van der Waals surface area (Å²) < 4.78 is 0. The first-order valence-corrected chi connectivity index (χ1v) is 10.4. The summed E-state index contributed by atoms with van der Waals surface area (Å²) in [6.45, 7) is 4.55. The van der Waals surface area contributed by atoms with E-state index in [1.165, 1.54) is 5.56 Å². The van der Waals surface area contributed by atoms with Gasteiger partial charge < -0.3 is 9.80 Å². The molecule has 140 valence electrons. The number of carbonyl (C=O) groups is 2. The van der Waals surface area contributed by atoms with Gasteiger partial charge in [-0.3, -0.25) is 9.59 Å². The number of hydrogen-bond acceptors (Lipinski definition) is 3. The van der Waals surface area contributed by atoms with Gasteiger partial charge >= 0.3 is 0 Å². The van der Waals surface area contributed by atoms with Crippen molar-refractivity contribution in [2.45, 2.75) is 19.8 Å². The average Bonchev–Trinajstić information content (AvgIpc) is 3.40. The molecule has 0 unspecified atom stereocenters. The fourth-order valence-corrected chi connectivity index (χ4v) is 4.22. The van der Waals surface area contributed by atoms with Crippen LogP contribution < -0.4 is 0 Å². The number of rotatable bonds is 4.